The number of carbonyl (C=O) groups is 1. The van der Waals surface area contributed by atoms with Crippen molar-refractivity contribution >= 4 is 29.1 Å². The maximum atomic E-state index is 11.6. The standard InChI is InChI=1S/C12H13Cl2NO3/c13-8-3-9(14)5-11(4-8)18-7-12(16)15-10-1-2-17-6-10/h3-5,10H,1-2,6-7H2,(H,15,16). The molecule has 1 N–H and O–H groups in total. The fourth-order valence-electron chi connectivity index (χ4n) is 1.68. The van der Waals surface area contributed by atoms with E-state index >= 15 is 0 Å². The summed E-state index contributed by atoms with van der Waals surface area (Å²) < 4.78 is 10.5. The molecule has 1 unspecified atom stereocenters. The summed E-state index contributed by atoms with van der Waals surface area (Å²) in [6.07, 6.45) is 0.842. The lowest BCUT2D eigenvalue weighted by atomic mass is 10.2. The highest BCUT2D eigenvalue weighted by molar-refractivity contribution is 6.34. The lowest BCUT2D eigenvalue weighted by molar-refractivity contribution is -0.123. The van der Waals surface area contributed by atoms with Crippen LogP contribution in [0.2, 0.25) is 10.0 Å². The molecule has 1 aromatic carbocycles. The molecule has 1 atom stereocenters. The van der Waals surface area contributed by atoms with Gasteiger partial charge in [-0.15, -0.1) is 0 Å². The monoisotopic (exact) mass is 289 g/mol. The van der Waals surface area contributed by atoms with E-state index in [0.29, 0.717) is 29.0 Å². The molecule has 1 saturated heterocycles. The van der Waals surface area contributed by atoms with Crippen molar-refractivity contribution in [3.05, 3.63) is 28.2 Å². The predicted octanol–water partition coefficient (Wildman–Crippen LogP) is 2.28. The van der Waals surface area contributed by atoms with Crippen LogP contribution in [0.15, 0.2) is 18.2 Å². The second-order valence-electron chi connectivity index (χ2n) is 4.02. The Bertz CT molecular complexity index is 413. The molecule has 0 bridgehead atoms. The number of hydrogen-bond acceptors (Lipinski definition) is 3. The fraction of sp³-hybridized carbons (Fsp3) is 0.417. The molecule has 0 aliphatic carbocycles. The minimum atomic E-state index is -0.179. The first-order valence-electron chi connectivity index (χ1n) is 5.59. The average Bonchev–Trinajstić information content (AvgIpc) is 2.78. The number of amides is 1. The number of carbonyl (C=O) groups excluding carboxylic acids is 1. The molecule has 1 heterocycles. The summed E-state index contributed by atoms with van der Waals surface area (Å²) in [7, 11) is 0. The minimum Gasteiger partial charge on any atom is -0.484 e. The SMILES string of the molecule is O=C(COc1cc(Cl)cc(Cl)c1)NC1CCOC1. The van der Waals surface area contributed by atoms with Crippen molar-refractivity contribution in [3.63, 3.8) is 0 Å². The zero-order valence-electron chi connectivity index (χ0n) is 9.62. The van der Waals surface area contributed by atoms with Crippen LogP contribution in [0.1, 0.15) is 6.42 Å². The van der Waals surface area contributed by atoms with Gasteiger partial charge in [-0.3, -0.25) is 4.79 Å². The summed E-state index contributed by atoms with van der Waals surface area (Å²) in [4.78, 5) is 11.6. The van der Waals surface area contributed by atoms with E-state index in [0.717, 1.165) is 6.42 Å². The van der Waals surface area contributed by atoms with Gasteiger partial charge in [0.15, 0.2) is 6.61 Å². The van der Waals surface area contributed by atoms with Crippen molar-refractivity contribution in [3.8, 4) is 5.75 Å². The number of benzene rings is 1. The third kappa shape index (κ3) is 4.05. The summed E-state index contributed by atoms with van der Waals surface area (Å²) >= 11 is 11.6. The number of nitrogens with one attached hydrogen (secondary N) is 1. The molecule has 1 fully saturated rings. The van der Waals surface area contributed by atoms with Crippen LogP contribution in [0.3, 0.4) is 0 Å². The van der Waals surface area contributed by atoms with E-state index in [2.05, 4.69) is 5.32 Å². The zero-order valence-corrected chi connectivity index (χ0v) is 11.1. The van der Waals surface area contributed by atoms with E-state index in [1.54, 1.807) is 18.2 Å². The summed E-state index contributed by atoms with van der Waals surface area (Å²) in [6.45, 7) is 1.19. The molecule has 98 valence electrons. The molecule has 1 aromatic rings. The van der Waals surface area contributed by atoms with E-state index in [4.69, 9.17) is 32.7 Å². The van der Waals surface area contributed by atoms with Gasteiger partial charge in [0.05, 0.1) is 12.6 Å². The normalized spacial score (nSPS) is 18.7. The highest BCUT2D eigenvalue weighted by Crippen LogP contribution is 2.24. The first kappa shape index (κ1) is 13.5. The molecule has 4 nitrogen and oxygen atoms in total. The Morgan fingerprint density at radius 1 is 1.39 bits per heavy atom. The predicted molar refractivity (Wildman–Crippen MR) is 69.3 cm³/mol. The van der Waals surface area contributed by atoms with E-state index in [-0.39, 0.29) is 18.6 Å². The van der Waals surface area contributed by atoms with Gasteiger partial charge in [0.25, 0.3) is 5.91 Å². The minimum absolute atomic E-state index is 0.0623. The Kier molecular flexibility index (Phi) is 4.69. The average molecular weight is 290 g/mol. The lowest BCUT2D eigenvalue weighted by Gasteiger charge is -2.11. The number of rotatable bonds is 4. The summed E-state index contributed by atoms with van der Waals surface area (Å²) in [5.41, 5.74) is 0. The molecular formula is C12H13Cl2NO3. The van der Waals surface area contributed by atoms with Gasteiger partial charge in [-0.1, -0.05) is 23.2 Å². The number of ether oxygens (including phenoxy) is 2. The molecule has 0 saturated carbocycles. The maximum absolute atomic E-state index is 11.6. The van der Waals surface area contributed by atoms with Crippen LogP contribution in [0.5, 0.6) is 5.75 Å². The Labute approximate surface area is 115 Å². The van der Waals surface area contributed by atoms with Crippen molar-refractivity contribution in [1.29, 1.82) is 0 Å². The molecule has 6 heteroatoms. The Morgan fingerprint density at radius 2 is 2.11 bits per heavy atom. The Morgan fingerprint density at radius 3 is 2.72 bits per heavy atom. The second-order valence-corrected chi connectivity index (χ2v) is 4.89. The number of halogens is 2. The Balaban J connectivity index is 1.81. The first-order valence-corrected chi connectivity index (χ1v) is 6.35. The van der Waals surface area contributed by atoms with Gasteiger partial charge in [0, 0.05) is 16.7 Å². The maximum Gasteiger partial charge on any atom is 0.258 e. The van der Waals surface area contributed by atoms with Gasteiger partial charge < -0.3 is 14.8 Å². The summed E-state index contributed by atoms with van der Waals surface area (Å²) in [6, 6.07) is 4.91. The lowest BCUT2D eigenvalue weighted by Crippen LogP contribution is -2.38. The van der Waals surface area contributed by atoms with Gasteiger partial charge in [-0.2, -0.15) is 0 Å². The van der Waals surface area contributed by atoms with E-state index in [1.807, 2.05) is 0 Å². The zero-order chi connectivity index (χ0) is 13.0. The van der Waals surface area contributed by atoms with Gasteiger partial charge in [-0.25, -0.2) is 0 Å². The van der Waals surface area contributed by atoms with Crippen molar-refractivity contribution in [1.82, 2.24) is 5.32 Å². The van der Waals surface area contributed by atoms with Crippen LogP contribution >= 0.6 is 23.2 Å². The highest BCUT2D eigenvalue weighted by Gasteiger charge is 2.17. The van der Waals surface area contributed by atoms with Crippen LogP contribution < -0.4 is 10.1 Å². The van der Waals surface area contributed by atoms with Crippen LogP contribution in [-0.2, 0) is 9.53 Å². The third-order valence-electron chi connectivity index (χ3n) is 2.50. The summed E-state index contributed by atoms with van der Waals surface area (Å²) in [5, 5.41) is 3.77. The first-order chi connectivity index (χ1) is 8.63. The number of hydrogen-bond donors (Lipinski definition) is 1. The fourth-order valence-corrected chi connectivity index (χ4v) is 2.18. The van der Waals surface area contributed by atoms with Gasteiger partial charge >= 0.3 is 0 Å². The second kappa shape index (κ2) is 6.27. The largest absolute Gasteiger partial charge is 0.484 e. The molecule has 0 aromatic heterocycles. The van der Waals surface area contributed by atoms with Crippen LogP contribution in [-0.4, -0.2) is 31.8 Å². The summed E-state index contributed by atoms with van der Waals surface area (Å²) in [5.74, 6) is 0.298. The molecule has 18 heavy (non-hydrogen) atoms. The molecule has 0 radical (unpaired) electrons. The molecule has 0 spiro atoms. The molecule has 1 aliphatic rings. The van der Waals surface area contributed by atoms with Crippen LogP contribution in [0.4, 0.5) is 0 Å². The molecule has 1 aliphatic heterocycles. The van der Waals surface area contributed by atoms with Crippen molar-refractivity contribution in [2.45, 2.75) is 12.5 Å². The van der Waals surface area contributed by atoms with Crippen LogP contribution in [0.25, 0.3) is 0 Å². The van der Waals surface area contributed by atoms with Gasteiger partial charge in [0.2, 0.25) is 0 Å². The third-order valence-corrected chi connectivity index (χ3v) is 2.94. The van der Waals surface area contributed by atoms with Crippen LogP contribution in [0, 0.1) is 0 Å². The van der Waals surface area contributed by atoms with Crippen molar-refractivity contribution in [2.75, 3.05) is 19.8 Å². The van der Waals surface area contributed by atoms with E-state index in [9.17, 15) is 4.79 Å². The molecular weight excluding hydrogens is 277 g/mol. The van der Waals surface area contributed by atoms with E-state index in [1.165, 1.54) is 0 Å². The van der Waals surface area contributed by atoms with Crippen molar-refractivity contribution in [2.24, 2.45) is 0 Å². The topological polar surface area (TPSA) is 47.6 Å². The molecule has 2 rings (SSSR count). The van der Waals surface area contributed by atoms with Gasteiger partial charge in [0.1, 0.15) is 5.75 Å². The highest BCUT2D eigenvalue weighted by atomic mass is 35.5. The smallest absolute Gasteiger partial charge is 0.258 e. The van der Waals surface area contributed by atoms with E-state index < -0.39 is 0 Å². The molecule has 1 amide bonds. The van der Waals surface area contributed by atoms with Crippen molar-refractivity contribution < 1.29 is 14.3 Å². The Hall–Kier alpha value is -0.970. The van der Waals surface area contributed by atoms with Gasteiger partial charge in [-0.05, 0) is 24.6 Å². The quantitative estimate of drug-likeness (QED) is 0.925.